The summed E-state index contributed by atoms with van der Waals surface area (Å²) in [5, 5.41) is 8.44. The molecule has 1 rings (SSSR count). The molecule has 0 radical (unpaired) electrons. The molecule has 5 nitrogen and oxygen atoms in total. The van der Waals surface area contributed by atoms with E-state index < -0.39 is 0 Å². The molecule has 0 unspecified atom stereocenters. The third-order valence-corrected chi connectivity index (χ3v) is 1.22. The standard InChI is InChI=1S/C7H9N3O2/c1-5(11)9-7(12)4-6-2-3-8-10-6/h2-3H,4H2,1H3,(H,8,10)(H,9,11,12). The first-order valence-electron chi connectivity index (χ1n) is 3.47. The van der Waals surface area contributed by atoms with Crippen molar-refractivity contribution in [1.82, 2.24) is 15.5 Å². The minimum Gasteiger partial charge on any atom is -0.296 e. The van der Waals surface area contributed by atoms with Crippen LogP contribution in [0.5, 0.6) is 0 Å². The second kappa shape index (κ2) is 3.66. The van der Waals surface area contributed by atoms with Crippen LogP contribution in [-0.2, 0) is 16.0 Å². The Morgan fingerprint density at radius 2 is 2.42 bits per heavy atom. The first kappa shape index (κ1) is 8.45. The SMILES string of the molecule is CC(=O)NC(=O)Cc1ccn[nH]1. The lowest BCUT2D eigenvalue weighted by Crippen LogP contribution is -2.29. The lowest BCUT2D eigenvalue weighted by Gasteiger charge is -1.97. The van der Waals surface area contributed by atoms with E-state index in [0.717, 1.165) is 0 Å². The van der Waals surface area contributed by atoms with Crippen molar-refractivity contribution in [3.05, 3.63) is 18.0 Å². The van der Waals surface area contributed by atoms with Crippen molar-refractivity contribution in [2.45, 2.75) is 13.3 Å². The van der Waals surface area contributed by atoms with E-state index in [4.69, 9.17) is 0 Å². The fourth-order valence-electron chi connectivity index (χ4n) is 0.797. The third-order valence-electron chi connectivity index (χ3n) is 1.22. The number of rotatable bonds is 2. The van der Waals surface area contributed by atoms with Crippen LogP contribution in [-0.4, -0.2) is 22.0 Å². The molecule has 0 aliphatic carbocycles. The van der Waals surface area contributed by atoms with E-state index in [9.17, 15) is 9.59 Å². The molecule has 12 heavy (non-hydrogen) atoms. The van der Waals surface area contributed by atoms with Crippen LogP contribution in [0, 0.1) is 0 Å². The summed E-state index contributed by atoms with van der Waals surface area (Å²) in [6.07, 6.45) is 1.70. The van der Waals surface area contributed by atoms with Gasteiger partial charge in [-0.1, -0.05) is 0 Å². The van der Waals surface area contributed by atoms with Gasteiger partial charge in [0.15, 0.2) is 0 Å². The number of carbonyl (C=O) groups is 2. The summed E-state index contributed by atoms with van der Waals surface area (Å²) in [6, 6.07) is 1.68. The number of H-pyrrole nitrogens is 1. The molecule has 5 heteroatoms. The Bertz CT molecular complexity index is 279. The van der Waals surface area contributed by atoms with Gasteiger partial charge in [0, 0.05) is 18.8 Å². The van der Waals surface area contributed by atoms with Gasteiger partial charge in [0.25, 0.3) is 0 Å². The van der Waals surface area contributed by atoms with Crippen LogP contribution < -0.4 is 5.32 Å². The van der Waals surface area contributed by atoms with Crippen molar-refractivity contribution in [3.63, 3.8) is 0 Å². The molecule has 1 heterocycles. The van der Waals surface area contributed by atoms with Gasteiger partial charge in [-0.15, -0.1) is 0 Å². The average Bonchev–Trinajstić information content (AvgIpc) is 2.37. The van der Waals surface area contributed by atoms with Crippen LogP contribution in [0.3, 0.4) is 0 Å². The highest BCUT2D eigenvalue weighted by Gasteiger charge is 2.04. The van der Waals surface area contributed by atoms with Gasteiger partial charge in [0.2, 0.25) is 11.8 Å². The second-order valence-corrected chi connectivity index (χ2v) is 2.36. The van der Waals surface area contributed by atoms with E-state index in [1.54, 1.807) is 12.3 Å². The van der Waals surface area contributed by atoms with Crippen LogP contribution in [0.1, 0.15) is 12.6 Å². The van der Waals surface area contributed by atoms with E-state index >= 15 is 0 Å². The first-order chi connectivity index (χ1) is 5.68. The van der Waals surface area contributed by atoms with Crippen molar-refractivity contribution >= 4 is 11.8 Å². The summed E-state index contributed by atoms with van der Waals surface area (Å²) in [4.78, 5) is 21.4. The number of nitrogens with zero attached hydrogens (tertiary/aromatic N) is 1. The van der Waals surface area contributed by atoms with Crippen LogP contribution >= 0.6 is 0 Å². The summed E-state index contributed by atoms with van der Waals surface area (Å²) in [6.45, 7) is 1.30. The monoisotopic (exact) mass is 167 g/mol. The molecule has 2 amide bonds. The Morgan fingerprint density at radius 1 is 1.67 bits per heavy atom. The smallest absolute Gasteiger partial charge is 0.232 e. The van der Waals surface area contributed by atoms with Gasteiger partial charge >= 0.3 is 0 Å². The summed E-state index contributed by atoms with van der Waals surface area (Å²) in [5.74, 6) is -0.675. The van der Waals surface area contributed by atoms with Crippen molar-refractivity contribution in [1.29, 1.82) is 0 Å². The van der Waals surface area contributed by atoms with Crippen LogP contribution in [0.25, 0.3) is 0 Å². The third kappa shape index (κ3) is 2.53. The number of aromatic nitrogens is 2. The van der Waals surface area contributed by atoms with Crippen molar-refractivity contribution in [2.75, 3.05) is 0 Å². The quantitative estimate of drug-likeness (QED) is 0.630. The number of hydrogen-bond acceptors (Lipinski definition) is 3. The van der Waals surface area contributed by atoms with Gasteiger partial charge in [-0.3, -0.25) is 20.0 Å². The van der Waals surface area contributed by atoms with Crippen LogP contribution in [0.4, 0.5) is 0 Å². The normalized spacial score (nSPS) is 9.42. The molecule has 1 aromatic rings. The summed E-state index contributed by atoms with van der Waals surface area (Å²) < 4.78 is 0. The van der Waals surface area contributed by atoms with E-state index in [1.807, 2.05) is 0 Å². The highest BCUT2D eigenvalue weighted by atomic mass is 16.2. The fourth-order valence-corrected chi connectivity index (χ4v) is 0.797. The van der Waals surface area contributed by atoms with E-state index in [0.29, 0.717) is 5.69 Å². The van der Waals surface area contributed by atoms with E-state index in [2.05, 4.69) is 15.5 Å². The second-order valence-electron chi connectivity index (χ2n) is 2.36. The zero-order valence-corrected chi connectivity index (χ0v) is 6.63. The Balaban J connectivity index is 2.42. The van der Waals surface area contributed by atoms with Gasteiger partial charge in [0.05, 0.1) is 6.42 Å². The molecule has 0 aliphatic heterocycles. The lowest BCUT2D eigenvalue weighted by molar-refractivity contribution is -0.128. The topological polar surface area (TPSA) is 74.8 Å². The van der Waals surface area contributed by atoms with Gasteiger partial charge in [-0.05, 0) is 6.07 Å². The predicted octanol–water partition coefficient (Wildman–Crippen LogP) is -0.385. The van der Waals surface area contributed by atoms with Crippen molar-refractivity contribution in [2.24, 2.45) is 0 Å². The Labute approximate surface area is 69.2 Å². The molecule has 0 atom stereocenters. The van der Waals surface area contributed by atoms with Crippen LogP contribution in [0.15, 0.2) is 12.3 Å². The Hall–Kier alpha value is -1.65. The molecule has 0 saturated heterocycles. The molecular formula is C7H9N3O2. The van der Waals surface area contributed by atoms with Crippen molar-refractivity contribution in [3.8, 4) is 0 Å². The Kier molecular flexibility index (Phi) is 2.57. The molecule has 64 valence electrons. The molecule has 2 N–H and O–H groups in total. The predicted molar refractivity (Wildman–Crippen MR) is 41.1 cm³/mol. The number of aromatic amines is 1. The summed E-state index contributed by atoms with van der Waals surface area (Å²) in [5.41, 5.74) is 0.689. The number of hydrogen-bond donors (Lipinski definition) is 2. The maximum atomic E-state index is 10.9. The average molecular weight is 167 g/mol. The van der Waals surface area contributed by atoms with Gasteiger partial charge in [-0.2, -0.15) is 5.10 Å². The highest BCUT2D eigenvalue weighted by Crippen LogP contribution is 1.91. The largest absolute Gasteiger partial charge is 0.296 e. The number of nitrogens with one attached hydrogen (secondary N) is 2. The number of amides is 2. The highest BCUT2D eigenvalue weighted by molar-refractivity contribution is 5.94. The molecule has 1 aromatic heterocycles. The number of imide groups is 1. The van der Waals surface area contributed by atoms with Crippen LogP contribution in [0.2, 0.25) is 0 Å². The molecule has 0 spiro atoms. The van der Waals surface area contributed by atoms with Gasteiger partial charge < -0.3 is 0 Å². The Morgan fingerprint density at radius 3 is 2.92 bits per heavy atom. The summed E-state index contributed by atoms with van der Waals surface area (Å²) >= 11 is 0. The lowest BCUT2D eigenvalue weighted by atomic mass is 10.3. The zero-order chi connectivity index (χ0) is 8.97. The maximum absolute atomic E-state index is 10.9. The van der Waals surface area contributed by atoms with E-state index in [1.165, 1.54) is 6.92 Å². The molecule has 0 aromatic carbocycles. The minimum absolute atomic E-state index is 0.152. The maximum Gasteiger partial charge on any atom is 0.232 e. The van der Waals surface area contributed by atoms with Gasteiger partial charge in [-0.25, -0.2) is 0 Å². The van der Waals surface area contributed by atoms with Gasteiger partial charge in [0.1, 0.15) is 0 Å². The minimum atomic E-state index is -0.348. The molecule has 0 bridgehead atoms. The molecule has 0 aliphatic rings. The summed E-state index contributed by atoms with van der Waals surface area (Å²) in [7, 11) is 0. The van der Waals surface area contributed by atoms with Crippen molar-refractivity contribution < 1.29 is 9.59 Å². The molecular weight excluding hydrogens is 158 g/mol. The zero-order valence-electron chi connectivity index (χ0n) is 6.63. The number of carbonyl (C=O) groups excluding carboxylic acids is 2. The fraction of sp³-hybridized carbons (Fsp3) is 0.286. The molecule has 0 fully saturated rings. The van der Waals surface area contributed by atoms with E-state index in [-0.39, 0.29) is 18.2 Å². The molecule has 0 saturated carbocycles. The first-order valence-corrected chi connectivity index (χ1v) is 3.47.